The fraction of sp³-hybridized carbons (Fsp3) is 0.417. The topological polar surface area (TPSA) is 86.5 Å². The van der Waals surface area contributed by atoms with Crippen LogP contribution in [-0.2, 0) is 9.53 Å². The van der Waals surface area contributed by atoms with E-state index < -0.39 is 12.0 Å². The highest BCUT2D eigenvalue weighted by Gasteiger charge is 2.38. The maximum Gasteiger partial charge on any atom is 0.326 e. The summed E-state index contributed by atoms with van der Waals surface area (Å²) < 4.78 is 5.20. The second-order valence-corrected chi connectivity index (χ2v) is 4.09. The van der Waals surface area contributed by atoms with Crippen LogP contribution in [0.3, 0.4) is 0 Å². The predicted molar refractivity (Wildman–Crippen MR) is 63.1 cm³/mol. The van der Waals surface area contributed by atoms with E-state index in [1.807, 2.05) is 6.07 Å². The lowest BCUT2D eigenvalue weighted by atomic mass is 10.2. The van der Waals surface area contributed by atoms with Crippen molar-refractivity contribution in [1.82, 2.24) is 4.98 Å². The van der Waals surface area contributed by atoms with Crippen LogP contribution >= 0.6 is 0 Å². The largest absolute Gasteiger partial charge is 0.480 e. The van der Waals surface area contributed by atoms with Gasteiger partial charge in [-0.1, -0.05) is 0 Å². The van der Waals surface area contributed by atoms with Crippen LogP contribution in [-0.4, -0.2) is 41.9 Å². The Kier molecular flexibility index (Phi) is 3.44. The minimum atomic E-state index is -0.927. The first kappa shape index (κ1) is 12.3. The molecule has 0 aliphatic carbocycles. The summed E-state index contributed by atoms with van der Waals surface area (Å²) in [6.45, 7) is 0.430. The van der Waals surface area contributed by atoms with Crippen molar-refractivity contribution in [3.63, 3.8) is 0 Å². The van der Waals surface area contributed by atoms with Crippen LogP contribution in [0.4, 0.5) is 5.82 Å². The van der Waals surface area contributed by atoms with Gasteiger partial charge in [0, 0.05) is 26.3 Å². The van der Waals surface area contributed by atoms with E-state index >= 15 is 0 Å². The molecular weight excluding hydrogens is 234 g/mol. The molecule has 2 heterocycles. The molecule has 0 amide bonds. The molecule has 94 valence electrons. The Bertz CT molecular complexity index is 498. The van der Waals surface area contributed by atoms with Crippen molar-refractivity contribution < 1.29 is 14.6 Å². The van der Waals surface area contributed by atoms with Gasteiger partial charge >= 0.3 is 5.97 Å². The smallest absolute Gasteiger partial charge is 0.326 e. The number of aromatic nitrogens is 1. The molecule has 0 spiro atoms. The number of anilines is 1. The zero-order valence-electron chi connectivity index (χ0n) is 9.91. The van der Waals surface area contributed by atoms with Crippen molar-refractivity contribution >= 4 is 11.8 Å². The zero-order valence-corrected chi connectivity index (χ0v) is 9.91. The highest BCUT2D eigenvalue weighted by atomic mass is 16.5. The molecule has 0 aromatic carbocycles. The van der Waals surface area contributed by atoms with Gasteiger partial charge in [0.15, 0.2) is 0 Å². The standard InChI is InChI=1S/C12H13N3O3/c1-18-9-5-10(12(16)17)15(7-9)11-8(6-13)3-2-4-14-11/h2-4,9-10H,5,7H2,1H3,(H,16,17). The summed E-state index contributed by atoms with van der Waals surface area (Å²) in [4.78, 5) is 17.0. The molecule has 2 rings (SSSR count). The van der Waals surface area contributed by atoms with Crippen LogP contribution in [0.25, 0.3) is 0 Å². The van der Waals surface area contributed by atoms with E-state index in [0.29, 0.717) is 24.3 Å². The van der Waals surface area contributed by atoms with E-state index in [1.165, 1.54) is 0 Å². The van der Waals surface area contributed by atoms with Crippen LogP contribution in [0, 0.1) is 11.3 Å². The van der Waals surface area contributed by atoms with Crippen molar-refractivity contribution in [3.8, 4) is 6.07 Å². The highest BCUT2D eigenvalue weighted by molar-refractivity contribution is 5.79. The second kappa shape index (κ2) is 5.02. The van der Waals surface area contributed by atoms with Gasteiger partial charge in [-0.2, -0.15) is 5.26 Å². The third kappa shape index (κ3) is 2.13. The summed E-state index contributed by atoms with van der Waals surface area (Å²) in [5.74, 6) is -0.518. The van der Waals surface area contributed by atoms with Gasteiger partial charge in [0.05, 0.1) is 11.7 Å². The highest BCUT2D eigenvalue weighted by Crippen LogP contribution is 2.27. The fourth-order valence-electron chi connectivity index (χ4n) is 2.15. The van der Waals surface area contributed by atoms with E-state index in [1.54, 1.807) is 30.3 Å². The van der Waals surface area contributed by atoms with Gasteiger partial charge in [-0.15, -0.1) is 0 Å². The first-order valence-electron chi connectivity index (χ1n) is 5.54. The van der Waals surface area contributed by atoms with Crippen molar-refractivity contribution in [3.05, 3.63) is 23.9 Å². The Balaban J connectivity index is 2.36. The third-order valence-corrected chi connectivity index (χ3v) is 3.06. The number of aliphatic carboxylic acids is 1. The lowest BCUT2D eigenvalue weighted by Crippen LogP contribution is -2.37. The number of pyridine rings is 1. The molecular formula is C12H13N3O3. The van der Waals surface area contributed by atoms with Gasteiger partial charge < -0.3 is 14.7 Å². The first-order valence-corrected chi connectivity index (χ1v) is 5.54. The summed E-state index contributed by atoms with van der Waals surface area (Å²) in [6.07, 6.45) is 1.79. The van der Waals surface area contributed by atoms with Crippen LogP contribution in [0.15, 0.2) is 18.3 Å². The Morgan fingerprint density at radius 2 is 2.50 bits per heavy atom. The lowest BCUT2D eigenvalue weighted by Gasteiger charge is -2.22. The summed E-state index contributed by atoms with van der Waals surface area (Å²) >= 11 is 0. The molecule has 2 unspecified atom stereocenters. The molecule has 6 heteroatoms. The molecule has 1 aromatic rings. The zero-order chi connectivity index (χ0) is 13.1. The number of ether oxygens (including phenoxy) is 1. The summed E-state index contributed by atoms with van der Waals surface area (Å²) in [7, 11) is 1.55. The van der Waals surface area contributed by atoms with Crippen molar-refractivity contribution in [2.24, 2.45) is 0 Å². The van der Waals surface area contributed by atoms with Crippen LogP contribution in [0.5, 0.6) is 0 Å². The van der Waals surface area contributed by atoms with Crippen molar-refractivity contribution in [1.29, 1.82) is 5.26 Å². The van der Waals surface area contributed by atoms with Crippen LogP contribution < -0.4 is 4.90 Å². The maximum absolute atomic E-state index is 11.2. The summed E-state index contributed by atoms with van der Waals surface area (Å²) in [6, 6.07) is 4.61. The van der Waals surface area contributed by atoms with Gasteiger partial charge in [-0.05, 0) is 12.1 Å². The molecule has 0 radical (unpaired) electrons. The second-order valence-electron chi connectivity index (χ2n) is 4.09. The number of carboxylic acid groups (broad SMARTS) is 1. The number of carboxylic acids is 1. The Labute approximate surface area is 104 Å². The minimum Gasteiger partial charge on any atom is -0.480 e. The summed E-state index contributed by atoms with van der Waals surface area (Å²) in [5, 5.41) is 18.2. The molecule has 1 fully saturated rings. The molecule has 1 saturated heterocycles. The summed E-state index contributed by atoms with van der Waals surface area (Å²) in [5.41, 5.74) is 0.375. The number of nitriles is 1. The minimum absolute atomic E-state index is 0.153. The average Bonchev–Trinajstić information content (AvgIpc) is 2.83. The van der Waals surface area contributed by atoms with Crippen molar-refractivity contribution in [2.75, 3.05) is 18.6 Å². The van der Waals surface area contributed by atoms with Crippen LogP contribution in [0.2, 0.25) is 0 Å². The lowest BCUT2D eigenvalue weighted by molar-refractivity contribution is -0.138. The van der Waals surface area contributed by atoms with E-state index in [4.69, 9.17) is 10.00 Å². The van der Waals surface area contributed by atoms with E-state index in [2.05, 4.69) is 4.98 Å². The molecule has 1 N–H and O–H groups in total. The van der Waals surface area contributed by atoms with Gasteiger partial charge in [-0.3, -0.25) is 0 Å². The number of rotatable bonds is 3. The average molecular weight is 247 g/mol. The van der Waals surface area contributed by atoms with Gasteiger partial charge in [0.25, 0.3) is 0 Å². The number of methoxy groups -OCH3 is 1. The van der Waals surface area contributed by atoms with Gasteiger partial charge in [-0.25, -0.2) is 9.78 Å². The number of hydrogen-bond donors (Lipinski definition) is 1. The Morgan fingerprint density at radius 1 is 1.72 bits per heavy atom. The molecule has 1 aliphatic rings. The van der Waals surface area contributed by atoms with E-state index in [-0.39, 0.29) is 6.10 Å². The molecule has 1 aromatic heterocycles. The number of nitrogens with zero attached hydrogens (tertiary/aromatic N) is 3. The van der Waals surface area contributed by atoms with Gasteiger partial charge in [0.2, 0.25) is 0 Å². The first-order chi connectivity index (χ1) is 8.67. The van der Waals surface area contributed by atoms with E-state index in [0.717, 1.165) is 0 Å². The number of hydrogen-bond acceptors (Lipinski definition) is 5. The predicted octanol–water partition coefficient (Wildman–Crippen LogP) is 0.632. The molecule has 18 heavy (non-hydrogen) atoms. The van der Waals surface area contributed by atoms with E-state index in [9.17, 15) is 9.90 Å². The van der Waals surface area contributed by atoms with Gasteiger partial charge in [0.1, 0.15) is 17.9 Å². The Hall–Kier alpha value is -2.13. The molecule has 0 bridgehead atoms. The Morgan fingerprint density at radius 3 is 3.11 bits per heavy atom. The van der Waals surface area contributed by atoms with Crippen molar-refractivity contribution in [2.45, 2.75) is 18.6 Å². The monoisotopic (exact) mass is 247 g/mol. The normalized spacial score (nSPS) is 22.8. The molecule has 6 nitrogen and oxygen atoms in total. The molecule has 1 aliphatic heterocycles. The quantitative estimate of drug-likeness (QED) is 0.843. The SMILES string of the molecule is COC1CC(C(=O)O)N(c2ncccc2C#N)C1. The molecule has 2 atom stereocenters. The third-order valence-electron chi connectivity index (χ3n) is 3.06. The fourth-order valence-corrected chi connectivity index (χ4v) is 2.15. The molecule has 0 saturated carbocycles. The number of carbonyl (C=O) groups is 1. The van der Waals surface area contributed by atoms with Crippen LogP contribution in [0.1, 0.15) is 12.0 Å². The maximum atomic E-state index is 11.2.